The van der Waals surface area contributed by atoms with Crippen molar-refractivity contribution >= 4 is 0 Å². The molecule has 3 N–H and O–H groups in total. The maximum Gasteiger partial charge on any atom is 0.0618 e. The van der Waals surface area contributed by atoms with Crippen LogP contribution in [0.3, 0.4) is 0 Å². The maximum absolute atomic E-state index is 8.75. The van der Waals surface area contributed by atoms with Gasteiger partial charge < -0.3 is 10.8 Å². The first kappa shape index (κ1) is 19.4. The monoisotopic (exact) mass is 281 g/mol. The van der Waals surface area contributed by atoms with E-state index in [0.29, 0.717) is 0 Å². The minimum atomic E-state index is -0.192. The highest BCUT2D eigenvalue weighted by Crippen LogP contribution is 2.09. The highest BCUT2D eigenvalue weighted by Gasteiger charge is 1.91. The van der Waals surface area contributed by atoms with Crippen molar-refractivity contribution in [2.75, 3.05) is 6.61 Å². The second kappa shape index (κ2) is 16.5. The lowest BCUT2D eigenvalue weighted by Gasteiger charge is -1.99. The first-order valence-electron chi connectivity index (χ1n) is 8.49. The van der Waals surface area contributed by atoms with Gasteiger partial charge >= 0.3 is 0 Å². The van der Waals surface area contributed by atoms with Gasteiger partial charge in [-0.05, 0) is 32.1 Å². The molecule has 0 aromatic carbocycles. The fourth-order valence-corrected chi connectivity index (χ4v) is 2.14. The van der Waals surface area contributed by atoms with Crippen LogP contribution in [0.25, 0.3) is 0 Å². The average Bonchev–Trinajstić information content (AvgIpc) is 2.47. The van der Waals surface area contributed by atoms with E-state index in [4.69, 9.17) is 10.8 Å². The fraction of sp³-hybridized carbons (Fsp3) is 0.778. The smallest absolute Gasteiger partial charge is 0.0618 e. The molecule has 118 valence electrons. The van der Waals surface area contributed by atoms with Crippen LogP contribution in [-0.4, -0.2) is 17.8 Å². The predicted molar refractivity (Wildman–Crippen MR) is 89.8 cm³/mol. The van der Waals surface area contributed by atoms with Crippen LogP contribution in [0.2, 0.25) is 0 Å². The number of aliphatic hydroxyl groups excluding tert-OH is 1. The van der Waals surface area contributed by atoms with Gasteiger partial charge in [-0.25, -0.2) is 0 Å². The molecule has 0 spiro atoms. The van der Waals surface area contributed by atoms with Crippen LogP contribution >= 0.6 is 0 Å². The molecule has 0 aromatic heterocycles. The molecule has 0 aliphatic carbocycles. The van der Waals surface area contributed by atoms with E-state index >= 15 is 0 Å². The molecule has 0 aliphatic heterocycles. The van der Waals surface area contributed by atoms with Gasteiger partial charge in [0.25, 0.3) is 0 Å². The van der Waals surface area contributed by atoms with Crippen LogP contribution in [0.1, 0.15) is 77.6 Å². The standard InChI is InChI=1S/C18H35NO/c1-2-3-4-5-6-7-8-9-10-11-12-13-14-15-16-18(19)17-20/h10-11,15-16,18,20H,2-9,12-14,17,19H2,1H3/b11-10-,16-15-/t18-/m1/s1. The van der Waals surface area contributed by atoms with E-state index in [1.54, 1.807) is 0 Å². The van der Waals surface area contributed by atoms with Crippen molar-refractivity contribution in [1.82, 2.24) is 0 Å². The number of aliphatic hydroxyl groups is 1. The Morgan fingerprint density at radius 1 is 0.800 bits per heavy atom. The van der Waals surface area contributed by atoms with E-state index in [9.17, 15) is 0 Å². The number of hydrogen-bond acceptors (Lipinski definition) is 2. The van der Waals surface area contributed by atoms with Gasteiger partial charge in [0.2, 0.25) is 0 Å². The van der Waals surface area contributed by atoms with Gasteiger partial charge in [-0.15, -0.1) is 0 Å². The molecule has 0 rings (SSSR count). The van der Waals surface area contributed by atoms with Gasteiger partial charge in [-0.1, -0.05) is 69.8 Å². The zero-order chi connectivity index (χ0) is 14.9. The maximum atomic E-state index is 8.75. The molecule has 0 unspecified atom stereocenters. The molecule has 1 atom stereocenters. The number of allylic oxidation sites excluding steroid dienone is 3. The Morgan fingerprint density at radius 2 is 1.35 bits per heavy atom. The molecule has 0 saturated heterocycles. The molecule has 20 heavy (non-hydrogen) atoms. The highest BCUT2D eigenvalue weighted by molar-refractivity contribution is 4.91. The van der Waals surface area contributed by atoms with Crippen LogP contribution in [-0.2, 0) is 0 Å². The fourth-order valence-electron chi connectivity index (χ4n) is 2.14. The van der Waals surface area contributed by atoms with E-state index in [1.807, 2.05) is 6.08 Å². The van der Waals surface area contributed by atoms with Crippen LogP contribution in [0, 0.1) is 0 Å². The first-order chi connectivity index (χ1) is 9.81. The van der Waals surface area contributed by atoms with Gasteiger partial charge in [0, 0.05) is 6.04 Å². The van der Waals surface area contributed by atoms with E-state index in [0.717, 1.165) is 12.8 Å². The number of rotatable bonds is 14. The van der Waals surface area contributed by atoms with E-state index in [2.05, 4.69) is 25.2 Å². The van der Waals surface area contributed by atoms with Crippen LogP contribution in [0.5, 0.6) is 0 Å². The van der Waals surface area contributed by atoms with Gasteiger partial charge in [0.1, 0.15) is 0 Å². The Bertz CT molecular complexity index is 236. The molecule has 2 heteroatoms. The SMILES string of the molecule is CCCCCCCCC/C=C\CCC/C=C\[C@@H](N)CO. The number of unbranched alkanes of at least 4 members (excludes halogenated alkanes) is 9. The second-order valence-electron chi connectivity index (χ2n) is 5.59. The summed E-state index contributed by atoms with van der Waals surface area (Å²) in [4.78, 5) is 0. The summed E-state index contributed by atoms with van der Waals surface area (Å²) in [6.07, 6.45) is 22.9. The van der Waals surface area contributed by atoms with Crippen molar-refractivity contribution in [1.29, 1.82) is 0 Å². The normalized spacial score (nSPS) is 13.6. The Hall–Kier alpha value is -0.600. The molecule has 0 radical (unpaired) electrons. The zero-order valence-electron chi connectivity index (χ0n) is 13.4. The predicted octanol–water partition coefficient (Wildman–Crippen LogP) is 4.73. The van der Waals surface area contributed by atoms with Crippen LogP contribution in [0.4, 0.5) is 0 Å². The Labute approximate surface area is 126 Å². The zero-order valence-corrected chi connectivity index (χ0v) is 13.4. The second-order valence-corrected chi connectivity index (χ2v) is 5.59. The summed E-state index contributed by atoms with van der Waals surface area (Å²) in [6, 6.07) is -0.192. The molecule has 0 aliphatic rings. The molecule has 0 saturated carbocycles. The average molecular weight is 281 g/mol. The quantitative estimate of drug-likeness (QED) is 0.357. The van der Waals surface area contributed by atoms with Crippen molar-refractivity contribution in [2.45, 2.75) is 83.6 Å². The third-order valence-corrected chi connectivity index (χ3v) is 3.48. The Balaban J connectivity index is 3.18. The van der Waals surface area contributed by atoms with Crippen molar-refractivity contribution in [2.24, 2.45) is 5.73 Å². The summed E-state index contributed by atoms with van der Waals surface area (Å²) >= 11 is 0. The number of nitrogens with two attached hydrogens (primary N) is 1. The summed E-state index contributed by atoms with van der Waals surface area (Å²) in [5, 5.41) is 8.75. The summed E-state index contributed by atoms with van der Waals surface area (Å²) in [7, 11) is 0. The lowest BCUT2D eigenvalue weighted by Crippen LogP contribution is -2.20. The molecule has 0 amide bonds. The molecule has 0 fully saturated rings. The van der Waals surface area contributed by atoms with Gasteiger partial charge in [0.05, 0.1) is 6.61 Å². The molecule has 0 aromatic rings. The summed E-state index contributed by atoms with van der Waals surface area (Å²) in [5.74, 6) is 0. The third kappa shape index (κ3) is 15.5. The molecule has 2 nitrogen and oxygen atoms in total. The summed E-state index contributed by atoms with van der Waals surface area (Å²) in [5.41, 5.74) is 5.57. The highest BCUT2D eigenvalue weighted by atomic mass is 16.3. The first-order valence-corrected chi connectivity index (χ1v) is 8.49. The van der Waals surface area contributed by atoms with Crippen molar-refractivity contribution in [3.63, 3.8) is 0 Å². The minimum absolute atomic E-state index is 0.0366. The molecular formula is C18H35NO. The van der Waals surface area contributed by atoms with Crippen LogP contribution in [0.15, 0.2) is 24.3 Å². The molecule has 0 heterocycles. The van der Waals surface area contributed by atoms with Gasteiger partial charge in [0.15, 0.2) is 0 Å². The molecule has 0 bridgehead atoms. The summed E-state index contributed by atoms with van der Waals surface area (Å²) in [6.45, 7) is 2.30. The van der Waals surface area contributed by atoms with Crippen molar-refractivity contribution in [3.8, 4) is 0 Å². The largest absolute Gasteiger partial charge is 0.394 e. The third-order valence-electron chi connectivity index (χ3n) is 3.48. The minimum Gasteiger partial charge on any atom is -0.394 e. The Morgan fingerprint density at radius 3 is 2.00 bits per heavy atom. The number of hydrogen-bond donors (Lipinski definition) is 2. The summed E-state index contributed by atoms with van der Waals surface area (Å²) < 4.78 is 0. The molecular weight excluding hydrogens is 246 g/mol. The van der Waals surface area contributed by atoms with Gasteiger partial charge in [-0.2, -0.15) is 0 Å². The van der Waals surface area contributed by atoms with Crippen molar-refractivity contribution in [3.05, 3.63) is 24.3 Å². The lowest BCUT2D eigenvalue weighted by atomic mass is 10.1. The van der Waals surface area contributed by atoms with E-state index in [1.165, 1.54) is 57.8 Å². The van der Waals surface area contributed by atoms with Crippen molar-refractivity contribution < 1.29 is 5.11 Å². The van der Waals surface area contributed by atoms with Gasteiger partial charge in [-0.3, -0.25) is 0 Å². The van der Waals surface area contributed by atoms with Crippen LogP contribution < -0.4 is 5.73 Å². The topological polar surface area (TPSA) is 46.2 Å². The van der Waals surface area contributed by atoms with E-state index in [-0.39, 0.29) is 12.6 Å². The lowest BCUT2D eigenvalue weighted by molar-refractivity contribution is 0.284. The van der Waals surface area contributed by atoms with E-state index < -0.39 is 0 Å². The Kier molecular flexibility index (Phi) is 16.0.